The summed E-state index contributed by atoms with van der Waals surface area (Å²) in [4.78, 5) is 10.5. The molecule has 318 valence electrons. The largest absolute Gasteiger partial charge is 0.507 e. The van der Waals surface area contributed by atoms with Crippen LogP contribution >= 0.6 is 0 Å². The van der Waals surface area contributed by atoms with Crippen molar-refractivity contribution in [1.82, 2.24) is 14.5 Å². The van der Waals surface area contributed by atoms with Crippen LogP contribution in [-0.4, -0.2) is 19.6 Å². The SMILES string of the molecule is CCC(C)(C)c1ccc(-n2c(-c3cc(C)cc(C)c3O)nc3c(-c4[c-]c(-c5cc(-c6ccc(C(C)(C)C)cc6)ccn5)cc(C(C)(C)C)c4)cccc32)c(-c2ccccc2)c1.[Pt]. The number of phenolic OH excluding ortho intramolecular Hbond substituents is 1. The van der Waals surface area contributed by atoms with Gasteiger partial charge < -0.3 is 5.11 Å². The topological polar surface area (TPSA) is 50.9 Å². The summed E-state index contributed by atoms with van der Waals surface area (Å²) in [5.41, 5.74) is 17.2. The second-order valence-corrected chi connectivity index (χ2v) is 19.5. The molecule has 0 amide bonds. The number of hydrogen-bond acceptors (Lipinski definition) is 3. The van der Waals surface area contributed by atoms with E-state index >= 15 is 0 Å². The van der Waals surface area contributed by atoms with E-state index in [1.54, 1.807) is 0 Å². The van der Waals surface area contributed by atoms with Gasteiger partial charge in [0.25, 0.3) is 0 Å². The molecule has 0 saturated heterocycles. The van der Waals surface area contributed by atoms with Crippen LogP contribution in [0.15, 0.2) is 134 Å². The third kappa shape index (κ3) is 8.60. The summed E-state index contributed by atoms with van der Waals surface area (Å²) in [5, 5.41) is 11.8. The number of hydrogen-bond donors (Lipinski definition) is 1. The van der Waals surface area contributed by atoms with Gasteiger partial charge in [0.15, 0.2) is 0 Å². The molecule has 8 aromatic rings. The molecular formula is C57H58N3OPt-. The van der Waals surface area contributed by atoms with Gasteiger partial charge in [-0.15, -0.1) is 29.3 Å². The van der Waals surface area contributed by atoms with Gasteiger partial charge in [0.2, 0.25) is 0 Å². The number of aromatic nitrogens is 3. The molecule has 2 heterocycles. The van der Waals surface area contributed by atoms with Gasteiger partial charge in [0, 0.05) is 38.5 Å². The van der Waals surface area contributed by atoms with Crippen LogP contribution in [0.4, 0.5) is 0 Å². The van der Waals surface area contributed by atoms with Crippen molar-refractivity contribution >= 4 is 11.0 Å². The van der Waals surface area contributed by atoms with E-state index in [1.165, 1.54) is 16.7 Å². The normalized spacial score (nSPS) is 12.1. The number of fused-ring (bicyclic) bond motifs is 1. The Hall–Kier alpha value is -5.57. The maximum absolute atomic E-state index is 11.8. The molecule has 0 spiro atoms. The first-order valence-electron chi connectivity index (χ1n) is 21.6. The minimum absolute atomic E-state index is 0. The molecule has 4 nitrogen and oxygen atoms in total. The number of para-hydroxylation sites is 1. The van der Waals surface area contributed by atoms with Crippen LogP contribution in [0.2, 0.25) is 0 Å². The average Bonchev–Trinajstić information content (AvgIpc) is 3.64. The predicted molar refractivity (Wildman–Crippen MR) is 257 cm³/mol. The van der Waals surface area contributed by atoms with Crippen molar-refractivity contribution in [1.29, 1.82) is 0 Å². The summed E-state index contributed by atoms with van der Waals surface area (Å²) < 4.78 is 2.25. The Morgan fingerprint density at radius 3 is 1.95 bits per heavy atom. The van der Waals surface area contributed by atoms with Crippen molar-refractivity contribution < 1.29 is 26.2 Å². The van der Waals surface area contributed by atoms with E-state index in [4.69, 9.17) is 9.97 Å². The van der Waals surface area contributed by atoms with Crippen LogP contribution in [0.25, 0.3) is 72.7 Å². The monoisotopic (exact) mass is 995 g/mol. The Morgan fingerprint density at radius 2 is 1.27 bits per heavy atom. The number of nitrogens with zero attached hydrogens (tertiary/aromatic N) is 3. The van der Waals surface area contributed by atoms with E-state index in [1.807, 2.05) is 19.2 Å². The second-order valence-electron chi connectivity index (χ2n) is 19.5. The fourth-order valence-electron chi connectivity index (χ4n) is 8.28. The molecule has 0 fully saturated rings. The summed E-state index contributed by atoms with van der Waals surface area (Å²) in [6.07, 6.45) is 2.91. The van der Waals surface area contributed by atoms with Crippen molar-refractivity contribution in [3.63, 3.8) is 0 Å². The summed E-state index contributed by atoms with van der Waals surface area (Å²) in [6, 6.07) is 49.4. The average molecular weight is 996 g/mol. The van der Waals surface area contributed by atoms with E-state index in [2.05, 4.69) is 201 Å². The molecule has 5 heteroatoms. The van der Waals surface area contributed by atoms with Crippen LogP contribution in [0, 0.1) is 19.9 Å². The number of phenols is 1. The smallest absolute Gasteiger partial charge is 0.148 e. The van der Waals surface area contributed by atoms with Crippen LogP contribution in [0.1, 0.15) is 96.6 Å². The van der Waals surface area contributed by atoms with Gasteiger partial charge in [0.1, 0.15) is 11.6 Å². The van der Waals surface area contributed by atoms with Crippen molar-refractivity contribution in [2.24, 2.45) is 0 Å². The first-order chi connectivity index (χ1) is 28.9. The fraction of sp³-hybridized carbons (Fsp3) is 0.263. The fourth-order valence-corrected chi connectivity index (χ4v) is 8.28. The van der Waals surface area contributed by atoms with Crippen molar-refractivity contribution in [3.05, 3.63) is 167 Å². The molecule has 0 saturated carbocycles. The van der Waals surface area contributed by atoms with Gasteiger partial charge in [-0.2, -0.15) is 0 Å². The molecule has 8 rings (SSSR count). The number of benzene rings is 6. The Kier molecular flexibility index (Phi) is 12.2. The molecule has 0 aliphatic heterocycles. The van der Waals surface area contributed by atoms with Gasteiger partial charge >= 0.3 is 0 Å². The minimum Gasteiger partial charge on any atom is -0.507 e. The van der Waals surface area contributed by atoms with Gasteiger partial charge in [-0.1, -0.05) is 158 Å². The number of pyridine rings is 1. The summed E-state index contributed by atoms with van der Waals surface area (Å²) in [5.74, 6) is 0.918. The van der Waals surface area contributed by atoms with Gasteiger partial charge in [-0.05, 0) is 106 Å². The zero-order valence-electron chi connectivity index (χ0n) is 38.0. The molecule has 0 aliphatic rings. The number of aromatic hydroxyl groups is 1. The maximum Gasteiger partial charge on any atom is 0.148 e. The number of rotatable bonds is 8. The second kappa shape index (κ2) is 16.9. The van der Waals surface area contributed by atoms with Crippen LogP contribution in [-0.2, 0) is 37.3 Å². The third-order valence-corrected chi connectivity index (χ3v) is 12.5. The van der Waals surface area contributed by atoms with Crippen molar-refractivity contribution in [2.75, 3.05) is 0 Å². The van der Waals surface area contributed by atoms with Crippen molar-refractivity contribution in [2.45, 2.75) is 98.8 Å². The Morgan fingerprint density at radius 1 is 0.597 bits per heavy atom. The molecule has 1 N–H and O–H groups in total. The van der Waals surface area contributed by atoms with E-state index in [0.29, 0.717) is 11.4 Å². The Labute approximate surface area is 383 Å². The molecule has 0 atom stereocenters. The predicted octanol–water partition coefficient (Wildman–Crippen LogP) is 15.2. The van der Waals surface area contributed by atoms with Gasteiger partial charge in [-0.25, -0.2) is 4.98 Å². The minimum atomic E-state index is -0.152. The quantitative estimate of drug-likeness (QED) is 0.154. The summed E-state index contributed by atoms with van der Waals surface area (Å²) >= 11 is 0. The van der Waals surface area contributed by atoms with Crippen LogP contribution in [0.3, 0.4) is 0 Å². The molecule has 62 heavy (non-hydrogen) atoms. The van der Waals surface area contributed by atoms with E-state index in [0.717, 1.165) is 78.9 Å². The molecular weight excluding hydrogens is 938 g/mol. The van der Waals surface area contributed by atoms with Crippen LogP contribution < -0.4 is 0 Å². The first kappa shape index (κ1) is 44.5. The molecule has 2 aromatic heterocycles. The summed E-state index contributed by atoms with van der Waals surface area (Å²) in [6.45, 7) is 24.4. The van der Waals surface area contributed by atoms with E-state index < -0.39 is 0 Å². The number of aryl methyl sites for hydroxylation is 2. The molecule has 0 aliphatic carbocycles. The van der Waals surface area contributed by atoms with E-state index in [-0.39, 0.29) is 43.1 Å². The number of imidazole rings is 1. The maximum atomic E-state index is 11.8. The van der Waals surface area contributed by atoms with Gasteiger partial charge in [0.05, 0.1) is 22.3 Å². The van der Waals surface area contributed by atoms with Crippen LogP contribution in [0.5, 0.6) is 5.75 Å². The Bertz CT molecular complexity index is 2910. The molecule has 6 aromatic carbocycles. The zero-order valence-corrected chi connectivity index (χ0v) is 40.3. The third-order valence-electron chi connectivity index (χ3n) is 12.5. The first-order valence-corrected chi connectivity index (χ1v) is 21.6. The van der Waals surface area contributed by atoms with Gasteiger partial charge in [-0.3, -0.25) is 9.55 Å². The Balaban J connectivity index is 0.00000578. The zero-order chi connectivity index (χ0) is 43.4. The standard InChI is InChI=1S/C57H58N3O.Pt/c1-12-57(10,11)44-25-26-50(47(35-44)39-17-14-13-15-18-39)60-51-20-16-19-46(52(51)59-54(60)48-30-36(2)29-37(3)53(48)61)41-31-42(33-45(32-41)56(7,8)9)49-34-40(27-28-58-49)38-21-23-43(24-22-38)55(4,5)6;/h13-30,32-35,61H,12H2,1-11H3;/q-1;. The van der Waals surface area contributed by atoms with Crippen molar-refractivity contribution in [3.8, 4) is 67.5 Å². The molecule has 0 unspecified atom stereocenters. The summed E-state index contributed by atoms with van der Waals surface area (Å²) in [7, 11) is 0. The molecule has 0 bridgehead atoms. The molecule has 0 radical (unpaired) electrons. The van der Waals surface area contributed by atoms with E-state index in [9.17, 15) is 5.11 Å².